The third-order valence-electron chi connectivity index (χ3n) is 7.49. The molecule has 2 aliphatic rings. The van der Waals surface area contributed by atoms with Crippen molar-refractivity contribution in [2.75, 3.05) is 26.3 Å². The van der Waals surface area contributed by atoms with Crippen molar-refractivity contribution in [3.63, 3.8) is 0 Å². The van der Waals surface area contributed by atoms with Crippen molar-refractivity contribution in [2.45, 2.75) is 45.2 Å². The molecule has 2 aliphatic heterocycles. The van der Waals surface area contributed by atoms with Gasteiger partial charge in [0.05, 0.1) is 12.1 Å². The Labute approximate surface area is 307 Å². The minimum atomic E-state index is -4.53. The van der Waals surface area contributed by atoms with Crippen LogP contribution in [0.3, 0.4) is 0 Å². The monoisotopic (exact) mass is 740 g/mol. The maximum absolute atomic E-state index is 13.7. The first-order valence-corrected chi connectivity index (χ1v) is 16.3. The molecule has 0 unspecified atom stereocenters. The molecule has 19 heteroatoms. The number of halogens is 4. The summed E-state index contributed by atoms with van der Waals surface area (Å²) in [5.74, 6) is -2.55. The Morgan fingerprint density at radius 2 is 1.29 bits per heavy atom. The molecule has 0 amide bonds. The van der Waals surface area contributed by atoms with Crippen LogP contribution in [0.25, 0.3) is 0 Å². The summed E-state index contributed by atoms with van der Waals surface area (Å²) in [4.78, 5) is 5.83. The van der Waals surface area contributed by atoms with Crippen LogP contribution in [-0.2, 0) is 36.0 Å². The molecule has 0 aliphatic carbocycles. The van der Waals surface area contributed by atoms with Gasteiger partial charge in [-0.05, 0) is 43.1 Å². The Kier molecular flexibility index (Phi) is 14.0. The van der Waals surface area contributed by atoms with Crippen LogP contribution in [0.1, 0.15) is 42.0 Å². The van der Waals surface area contributed by atoms with E-state index in [0.29, 0.717) is 58.8 Å². The zero-order valence-corrected chi connectivity index (χ0v) is 29.5. The molecule has 0 fully saturated rings. The van der Waals surface area contributed by atoms with Gasteiger partial charge < -0.3 is 38.9 Å². The minimum Gasteiger partial charge on any atom is -0.735 e. The standard InChI is InChI=1S/C14H15F2N3O4S2.C14H15F2N3OS.CH4.Na/c15-9-3-8-4-11(7-23-13(8)12(16)5-9)19-10(6-17-14(19)24)1-2-18-25(20,21)22;15-9-3-8-4-11(7-20-13(8)12(16)5-9)19-10(1-2-17)6-18-14(19)21;;/h3,5-6,11,18H,1-2,4,7H2,(H,17,24)(H,20,21,22);3,5-6,11H,1-2,4,7,17H2,(H,18,21);1H4;/q;;;+1/p-1/t2*11-;;/m11../s1. The number of hydrogen-bond donors (Lipinski definition) is 4. The van der Waals surface area contributed by atoms with Crippen molar-refractivity contribution in [3.05, 3.63) is 92.0 Å². The summed E-state index contributed by atoms with van der Waals surface area (Å²) in [7, 11) is -4.53. The average molecular weight is 741 g/mol. The van der Waals surface area contributed by atoms with Crippen LogP contribution in [0.15, 0.2) is 36.7 Å². The third-order valence-corrected chi connectivity index (χ3v) is 8.68. The van der Waals surface area contributed by atoms with Crippen molar-refractivity contribution in [1.29, 1.82) is 0 Å². The van der Waals surface area contributed by atoms with Crippen LogP contribution in [0, 0.1) is 32.8 Å². The van der Waals surface area contributed by atoms with E-state index in [-0.39, 0.29) is 80.1 Å². The second-order valence-corrected chi connectivity index (χ2v) is 12.6. The van der Waals surface area contributed by atoms with Crippen LogP contribution in [0.2, 0.25) is 0 Å². The van der Waals surface area contributed by atoms with E-state index in [1.165, 1.54) is 12.1 Å². The Balaban J connectivity index is 0.000000253. The summed E-state index contributed by atoms with van der Waals surface area (Å²) in [6, 6.07) is 3.71. The number of hydrogen-bond acceptors (Lipinski definition) is 8. The van der Waals surface area contributed by atoms with Gasteiger partial charge in [0, 0.05) is 79.3 Å². The molecular weight excluding hydrogens is 708 g/mol. The zero-order valence-electron chi connectivity index (χ0n) is 25.0. The van der Waals surface area contributed by atoms with Crippen molar-refractivity contribution < 1.29 is 69.6 Å². The number of nitrogens with zero attached hydrogens (tertiary/aromatic N) is 2. The fourth-order valence-electron chi connectivity index (χ4n) is 5.64. The Hall–Kier alpha value is -2.55. The molecule has 2 aromatic carbocycles. The van der Waals surface area contributed by atoms with Gasteiger partial charge in [0.15, 0.2) is 43.0 Å². The SMILES string of the molecule is C.NCCc1c[nH]c(=S)n1[C@H]1COc2c(F)cc(F)cc2C1.O=S(=O)([O-])NCCc1c[nH]c(=S)n1[C@H]1COc2c(F)cc(F)cc2C1.[Na+]. The van der Waals surface area contributed by atoms with Crippen molar-refractivity contribution in [1.82, 2.24) is 23.8 Å². The van der Waals surface area contributed by atoms with Gasteiger partial charge in [0.1, 0.15) is 24.8 Å². The molecule has 4 heterocycles. The molecule has 6 rings (SSSR count). The predicted octanol–water partition coefficient (Wildman–Crippen LogP) is 1.73. The first-order valence-electron chi connectivity index (χ1n) is 14.0. The van der Waals surface area contributed by atoms with Gasteiger partial charge in [0.25, 0.3) is 0 Å². The first-order chi connectivity index (χ1) is 21.8. The number of aromatic nitrogens is 4. The number of fused-ring (bicyclic) bond motifs is 2. The molecule has 0 spiro atoms. The first kappa shape index (κ1) is 39.9. The van der Waals surface area contributed by atoms with E-state index in [1.807, 2.05) is 15.5 Å². The normalized spacial score (nSPS) is 16.5. The predicted molar refractivity (Wildman–Crippen MR) is 169 cm³/mol. The number of benzene rings is 2. The molecule has 4 aromatic rings. The number of nitrogens with two attached hydrogens (primary N) is 1. The molecule has 2 atom stereocenters. The van der Waals surface area contributed by atoms with Gasteiger partial charge in [0.2, 0.25) is 0 Å². The molecule has 5 N–H and O–H groups in total. The van der Waals surface area contributed by atoms with Gasteiger partial charge in [-0.3, -0.25) is 0 Å². The van der Waals surface area contributed by atoms with Crippen LogP contribution >= 0.6 is 24.4 Å². The Morgan fingerprint density at radius 1 is 0.854 bits per heavy atom. The molecule has 0 saturated heterocycles. The van der Waals surface area contributed by atoms with Crippen LogP contribution in [0.4, 0.5) is 17.6 Å². The van der Waals surface area contributed by atoms with E-state index < -0.39 is 33.6 Å². The number of rotatable bonds is 8. The summed E-state index contributed by atoms with van der Waals surface area (Å²) in [5.41, 5.74) is 8.12. The van der Waals surface area contributed by atoms with Gasteiger partial charge in [-0.15, -0.1) is 0 Å². The van der Waals surface area contributed by atoms with Crippen LogP contribution in [-0.4, -0.2) is 58.4 Å². The van der Waals surface area contributed by atoms with E-state index in [1.54, 1.807) is 10.8 Å². The largest absolute Gasteiger partial charge is 1.00 e. The molecule has 0 bridgehead atoms. The maximum atomic E-state index is 13.7. The molecular formula is C29H33F4N6NaO5S3. The second kappa shape index (κ2) is 16.9. The molecule has 0 radical (unpaired) electrons. The summed E-state index contributed by atoms with van der Waals surface area (Å²) in [5, 5.41) is 0. The molecule has 48 heavy (non-hydrogen) atoms. The number of ether oxygens (including phenoxy) is 2. The van der Waals surface area contributed by atoms with E-state index in [0.717, 1.165) is 17.8 Å². The Morgan fingerprint density at radius 3 is 1.71 bits per heavy atom. The summed E-state index contributed by atoms with van der Waals surface area (Å²) >= 11 is 10.5. The van der Waals surface area contributed by atoms with Gasteiger partial charge >= 0.3 is 29.6 Å². The third kappa shape index (κ3) is 9.36. The smallest absolute Gasteiger partial charge is 0.735 e. The number of aromatic amines is 2. The molecule has 0 saturated carbocycles. The molecule has 2 aromatic heterocycles. The van der Waals surface area contributed by atoms with Crippen molar-refractivity contribution >= 4 is 34.7 Å². The van der Waals surface area contributed by atoms with Gasteiger partial charge in [-0.25, -0.2) is 30.7 Å². The van der Waals surface area contributed by atoms with Gasteiger partial charge in [-0.2, -0.15) is 0 Å². The number of nitrogens with one attached hydrogen (secondary N) is 3. The van der Waals surface area contributed by atoms with Crippen molar-refractivity contribution in [2.24, 2.45) is 5.73 Å². The van der Waals surface area contributed by atoms with Crippen LogP contribution in [0.5, 0.6) is 11.5 Å². The number of H-pyrrole nitrogens is 2. The Bertz CT molecular complexity index is 1970. The molecule has 256 valence electrons. The summed E-state index contributed by atoms with van der Waals surface area (Å²) < 4.78 is 103. The van der Waals surface area contributed by atoms with Crippen molar-refractivity contribution in [3.8, 4) is 11.5 Å². The fraction of sp³-hybridized carbons (Fsp3) is 0.379. The zero-order chi connectivity index (χ0) is 33.2. The fourth-order valence-corrected chi connectivity index (χ4v) is 6.64. The van der Waals surface area contributed by atoms with E-state index in [9.17, 15) is 30.5 Å². The maximum Gasteiger partial charge on any atom is 1.00 e. The van der Waals surface area contributed by atoms with Gasteiger partial charge in [-0.1, -0.05) is 7.43 Å². The average Bonchev–Trinajstić information content (AvgIpc) is 3.53. The topological polar surface area (TPSA) is 155 Å². The van der Waals surface area contributed by atoms with Crippen LogP contribution < -0.4 is 49.5 Å². The minimum absolute atomic E-state index is 0. The molecule has 11 nitrogen and oxygen atoms in total. The summed E-state index contributed by atoms with van der Waals surface area (Å²) in [6.45, 7) is 0.827. The summed E-state index contributed by atoms with van der Waals surface area (Å²) in [6.07, 6.45) is 5.08. The van der Waals surface area contributed by atoms with E-state index >= 15 is 0 Å². The van der Waals surface area contributed by atoms with E-state index in [4.69, 9.17) is 39.6 Å². The second-order valence-electron chi connectivity index (χ2n) is 10.6. The number of imidazole rings is 2. The quantitative estimate of drug-likeness (QED) is 0.0923. The van der Waals surface area contributed by atoms with E-state index in [2.05, 4.69) is 9.97 Å².